The number of hydrogen-bond acceptors (Lipinski definition) is 6. The first-order chi connectivity index (χ1) is 16.6. The van der Waals surface area contributed by atoms with E-state index >= 15 is 0 Å². The minimum absolute atomic E-state index is 0.151. The van der Waals surface area contributed by atoms with Crippen LogP contribution in [0.4, 0.5) is 0 Å². The predicted molar refractivity (Wildman–Crippen MR) is 134 cm³/mol. The lowest BCUT2D eigenvalue weighted by molar-refractivity contribution is -0.133. The lowest BCUT2D eigenvalue weighted by atomic mass is 10.1. The molecule has 1 amide bonds. The first-order valence-electron chi connectivity index (χ1n) is 11.5. The van der Waals surface area contributed by atoms with Crippen LogP contribution in [-0.4, -0.2) is 77.4 Å². The van der Waals surface area contributed by atoms with Gasteiger partial charge in [-0.1, -0.05) is 12.1 Å². The summed E-state index contributed by atoms with van der Waals surface area (Å²) in [6, 6.07) is 15.9. The molecule has 2 aromatic carbocycles. The average Bonchev–Trinajstić information content (AvgIpc) is 3.26. The topological polar surface area (TPSA) is 75.6 Å². The van der Waals surface area contributed by atoms with Crippen LogP contribution in [0.15, 0.2) is 48.5 Å². The van der Waals surface area contributed by atoms with Crippen LogP contribution < -0.4 is 9.47 Å². The van der Waals surface area contributed by atoms with E-state index in [9.17, 15) is 4.79 Å². The maximum atomic E-state index is 12.9. The fourth-order valence-electron chi connectivity index (χ4n) is 4.15. The van der Waals surface area contributed by atoms with Crippen LogP contribution in [0.2, 0.25) is 0 Å². The van der Waals surface area contributed by atoms with Gasteiger partial charge in [-0.05, 0) is 60.6 Å². The van der Waals surface area contributed by atoms with Crippen molar-refractivity contribution in [3.63, 3.8) is 0 Å². The molecule has 1 fully saturated rings. The third kappa shape index (κ3) is 5.84. The van der Waals surface area contributed by atoms with Crippen molar-refractivity contribution in [1.29, 1.82) is 0 Å². The summed E-state index contributed by atoms with van der Waals surface area (Å²) in [5.41, 5.74) is 2.22. The van der Waals surface area contributed by atoms with Gasteiger partial charge in [-0.3, -0.25) is 19.4 Å². The number of piperazine rings is 1. The van der Waals surface area contributed by atoms with Gasteiger partial charge in [0.15, 0.2) is 10.6 Å². The summed E-state index contributed by atoms with van der Waals surface area (Å²) < 4.78 is 12.9. The molecule has 9 heteroatoms. The number of aromatic nitrogens is 3. The van der Waals surface area contributed by atoms with Crippen molar-refractivity contribution in [2.75, 3.05) is 46.9 Å². The van der Waals surface area contributed by atoms with E-state index in [0.29, 0.717) is 17.7 Å². The second-order valence-corrected chi connectivity index (χ2v) is 8.69. The Bertz CT molecular complexity index is 1130. The molecule has 1 aliphatic heterocycles. The molecule has 0 atom stereocenters. The summed E-state index contributed by atoms with van der Waals surface area (Å²) in [6.07, 6.45) is 1.38. The van der Waals surface area contributed by atoms with Gasteiger partial charge in [0.25, 0.3) is 0 Å². The number of H-pyrrole nitrogens is 1. The van der Waals surface area contributed by atoms with E-state index in [-0.39, 0.29) is 5.91 Å². The van der Waals surface area contributed by atoms with Crippen molar-refractivity contribution in [3.8, 4) is 22.9 Å². The maximum absolute atomic E-state index is 12.9. The second-order valence-electron chi connectivity index (χ2n) is 8.30. The molecule has 2 heterocycles. The number of ether oxygens (including phenoxy) is 2. The molecule has 0 unspecified atom stereocenters. The zero-order chi connectivity index (χ0) is 23.9. The van der Waals surface area contributed by atoms with E-state index in [1.54, 1.807) is 14.2 Å². The number of methoxy groups -OCH3 is 2. The van der Waals surface area contributed by atoms with Crippen molar-refractivity contribution < 1.29 is 14.3 Å². The quantitative estimate of drug-likeness (QED) is 0.472. The van der Waals surface area contributed by atoms with Gasteiger partial charge in [-0.2, -0.15) is 5.10 Å². The highest BCUT2D eigenvalue weighted by atomic mass is 32.1. The Hall–Kier alpha value is -3.17. The minimum Gasteiger partial charge on any atom is -0.497 e. The molecule has 3 aromatic rings. The number of hydrogen-bond donors (Lipinski definition) is 1. The van der Waals surface area contributed by atoms with E-state index in [0.717, 1.165) is 62.0 Å². The lowest BCUT2D eigenvalue weighted by Gasteiger charge is -2.34. The van der Waals surface area contributed by atoms with Crippen LogP contribution in [0.25, 0.3) is 11.4 Å². The molecular formula is C25H31N5O3S. The van der Waals surface area contributed by atoms with Crippen LogP contribution in [0.1, 0.15) is 12.0 Å². The largest absolute Gasteiger partial charge is 0.497 e. The van der Waals surface area contributed by atoms with Gasteiger partial charge in [-0.25, -0.2) is 0 Å². The van der Waals surface area contributed by atoms with Gasteiger partial charge in [0.05, 0.1) is 14.2 Å². The zero-order valence-electron chi connectivity index (χ0n) is 19.7. The smallest absolute Gasteiger partial charge is 0.224 e. The number of benzene rings is 2. The highest BCUT2D eigenvalue weighted by Gasteiger charge is 2.21. The molecule has 1 saturated heterocycles. The number of nitrogens with zero attached hydrogens (tertiary/aromatic N) is 4. The van der Waals surface area contributed by atoms with Gasteiger partial charge >= 0.3 is 0 Å². The van der Waals surface area contributed by atoms with E-state index in [1.165, 1.54) is 5.56 Å². The summed E-state index contributed by atoms with van der Waals surface area (Å²) in [5, 5.41) is 7.22. The minimum atomic E-state index is 0.151. The molecule has 0 spiro atoms. The Morgan fingerprint density at radius 3 is 2.18 bits per heavy atom. The maximum Gasteiger partial charge on any atom is 0.224 e. The van der Waals surface area contributed by atoms with E-state index < -0.39 is 0 Å². The van der Waals surface area contributed by atoms with Crippen molar-refractivity contribution in [3.05, 3.63) is 58.9 Å². The Morgan fingerprint density at radius 1 is 0.941 bits per heavy atom. The Balaban J connectivity index is 1.26. The Kier molecular flexibility index (Phi) is 7.97. The Morgan fingerprint density at radius 2 is 1.56 bits per heavy atom. The molecule has 0 radical (unpaired) electrons. The van der Waals surface area contributed by atoms with Gasteiger partial charge in [-0.15, -0.1) is 0 Å². The third-order valence-electron chi connectivity index (χ3n) is 6.26. The number of rotatable bonds is 9. The molecular weight excluding hydrogens is 450 g/mol. The highest BCUT2D eigenvalue weighted by Crippen LogP contribution is 2.21. The molecule has 1 N–H and O–H groups in total. The normalized spacial score (nSPS) is 14.2. The standard InChI is InChI=1S/C25H31N5O3S/c1-32-21-7-3-19(4-8-21)11-13-28-15-17-29(18-16-28)23(31)12-14-30-24(26-27-25(30)34)20-5-9-22(33-2)10-6-20/h3-10H,11-18H2,1-2H3,(H,27,34). The molecule has 4 rings (SSSR count). The molecule has 0 saturated carbocycles. The summed E-state index contributed by atoms with van der Waals surface area (Å²) in [5.74, 6) is 2.54. The molecule has 1 aliphatic rings. The van der Waals surface area contributed by atoms with Gasteiger partial charge in [0, 0.05) is 51.3 Å². The fraction of sp³-hybridized carbons (Fsp3) is 0.400. The number of nitrogens with one attached hydrogen (secondary N) is 1. The van der Waals surface area contributed by atoms with Crippen LogP contribution in [-0.2, 0) is 17.8 Å². The number of amides is 1. The third-order valence-corrected chi connectivity index (χ3v) is 6.57. The summed E-state index contributed by atoms with van der Waals surface area (Å²) in [4.78, 5) is 17.3. The van der Waals surface area contributed by atoms with Crippen molar-refractivity contribution in [2.24, 2.45) is 0 Å². The summed E-state index contributed by atoms with van der Waals surface area (Å²) in [6.45, 7) is 4.78. The van der Waals surface area contributed by atoms with Gasteiger partial charge in [0.2, 0.25) is 5.91 Å². The first kappa shape index (κ1) is 24.0. The Labute approximate surface area is 205 Å². The lowest BCUT2D eigenvalue weighted by Crippen LogP contribution is -2.49. The first-order valence-corrected chi connectivity index (χ1v) is 11.9. The molecule has 34 heavy (non-hydrogen) atoms. The predicted octanol–water partition coefficient (Wildman–Crippen LogP) is 3.40. The summed E-state index contributed by atoms with van der Waals surface area (Å²) in [7, 11) is 3.32. The monoisotopic (exact) mass is 481 g/mol. The van der Waals surface area contributed by atoms with Crippen LogP contribution in [0.5, 0.6) is 11.5 Å². The van der Waals surface area contributed by atoms with Crippen LogP contribution >= 0.6 is 12.2 Å². The SMILES string of the molecule is COc1ccc(CCN2CCN(C(=O)CCn3c(-c4ccc(OC)cc4)n[nH]c3=S)CC2)cc1. The van der Waals surface area contributed by atoms with Crippen molar-refractivity contribution >= 4 is 18.1 Å². The van der Waals surface area contributed by atoms with Crippen molar-refractivity contribution in [1.82, 2.24) is 24.6 Å². The molecule has 1 aromatic heterocycles. The highest BCUT2D eigenvalue weighted by molar-refractivity contribution is 7.71. The van der Waals surface area contributed by atoms with E-state index in [2.05, 4.69) is 27.2 Å². The molecule has 180 valence electrons. The average molecular weight is 482 g/mol. The number of aromatic amines is 1. The number of carbonyl (C=O) groups is 1. The second kappa shape index (κ2) is 11.3. The van der Waals surface area contributed by atoms with Crippen molar-refractivity contribution in [2.45, 2.75) is 19.4 Å². The fourth-order valence-corrected chi connectivity index (χ4v) is 4.37. The van der Waals surface area contributed by atoms with Gasteiger partial charge in [0.1, 0.15) is 11.5 Å². The van der Waals surface area contributed by atoms with E-state index in [1.807, 2.05) is 45.9 Å². The number of carbonyl (C=O) groups excluding carboxylic acids is 1. The van der Waals surface area contributed by atoms with Crippen LogP contribution in [0, 0.1) is 4.77 Å². The van der Waals surface area contributed by atoms with E-state index in [4.69, 9.17) is 21.7 Å². The van der Waals surface area contributed by atoms with Gasteiger partial charge < -0.3 is 14.4 Å². The summed E-state index contributed by atoms with van der Waals surface area (Å²) >= 11 is 5.41. The molecule has 0 aliphatic carbocycles. The zero-order valence-corrected chi connectivity index (χ0v) is 20.5. The van der Waals surface area contributed by atoms with Crippen LogP contribution in [0.3, 0.4) is 0 Å². The molecule has 8 nitrogen and oxygen atoms in total. The molecule has 0 bridgehead atoms.